The third kappa shape index (κ3) is 6.60. The minimum Gasteiger partial charge on any atom is -0.494 e. The topological polar surface area (TPSA) is 59.9 Å². The monoisotopic (exact) mass is 500 g/mol. The van der Waals surface area contributed by atoms with Gasteiger partial charge in [-0.1, -0.05) is 12.1 Å². The predicted octanol–water partition coefficient (Wildman–Crippen LogP) is 5.03. The summed E-state index contributed by atoms with van der Waals surface area (Å²) < 4.78 is 12.4. The van der Waals surface area contributed by atoms with Gasteiger partial charge in [-0.3, -0.25) is 4.79 Å². The molecule has 0 spiro atoms. The van der Waals surface area contributed by atoms with Gasteiger partial charge < -0.3 is 9.47 Å². The average Bonchev–Trinajstić information content (AvgIpc) is 2.75. The molecule has 3 rings (SSSR count). The molecule has 0 heterocycles. The van der Waals surface area contributed by atoms with Crippen LogP contribution in [0.3, 0.4) is 0 Å². The van der Waals surface area contributed by atoms with E-state index in [2.05, 4.69) is 57.4 Å². The highest BCUT2D eigenvalue weighted by molar-refractivity contribution is 14.1. The Morgan fingerprint density at radius 3 is 2.21 bits per heavy atom. The molecule has 3 aromatic carbocycles. The van der Waals surface area contributed by atoms with Crippen molar-refractivity contribution in [2.75, 3.05) is 6.61 Å². The van der Waals surface area contributed by atoms with Crippen molar-refractivity contribution in [3.05, 3.63) is 93.1 Å². The number of ether oxygens (including phenoxy) is 2. The van der Waals surface area contributed by atoms with E-state index in [9.17, 15) is 4.79 Å². The molecule has 0 unspecified atom stereocenters. The van der Waals surface area contributed by atoms with Crippen LogP contribution in [0.2, 0.25) is 0 Å². The number of hydrogen-bond acceptors (Lipinski definition) is 4. The van der Waals surface area contributed by atoms with E-state index in [0.29, 0.717) is 18.8 Å². The molecule has 0 radical (unpaired) electrons. The SMILES string of the molecule is CCOc1ccc(C(=O)N/N=C/c2ccc(OCc3ccc(I)cc3)cc2)cc1. The molecule has 3 aromatic rings. The van der Waals surface area contributed by atoms with Gasteiger partial charge >= 0.3 is 0 Å². The van der Waals surface area contributed by atoms with Gasteiger partial charge in [0.2, 0.25) is 0 Å². The number of amides is 1. The normalized spacial score (nSPS) is 10.7. The highest BCUT2D eigenvalue weighted by Crippen LogP contribution is 2.15. The molecule has 0 fully saturated rings. The first-order chi connectivity index (χ1) is 14.1. The van der Waals surface area contributed by atoms with Gasteiger partial charge in [0.05, 0.1) is 12.8 Å². The molecule has 0 aromatic heterocycles. The van der Waals surface area contributed by atoms with Crippen LogP contribution in [-0.4, -0.2) is 18.7 Å². The number of nitrogens with one attached hydrogen (secondary N) is 1. The van der Waals surface area contributed by atoms with Crippen LogP contribution < -0.4 is 14.9 Å². The number of halogens is 1. The van der Waals surface area contributed by atoms with Gasteiger partial charge in [0, 0.05) is 9.13 Å². The summed E-state index contributed by atoms with van der Waals surface area (Å²) in [7, 11) is 0. The summed E-state index contributed by atoms with van der Waals surface area (Å²) in [6.07, 6.45) is 1.59. The van der Waals surface area contributed by atoms with E-state index in [1.54, 1.807) is 30.5 Å². The van der Waals surface area contributed by atoms with Crippen molar-refractivity contribution in [3.8, 4) is 11.5 Å². The molecule has 5 nitrogen and oxygen atoms in total. The fourth-order valence-electron chi connectivity index (χ4n) is 2.50. The molecule has 0 aliphatic heterocycles. The first-order valence-electron chi connectivity index (χ1n) is 9.17. The largest absolute Gasteiger partial charge is 0.494 e. The maximum Gasteiger partial charge on any atom is 0.271 e. The van der Waals surface area contributed by atoms with E-state index >= 15 is 0 Å². The van der Waals surface area contributed by atoms with E-state index in [1.165, 1.54) is 3.57 Å². The lowest BCUT2D eigenvalue weighted by Gasteiger charge is -2.06. The van der Waals surface area contributed by atoms with Crippen molar-refractivity contribution >= 4 is 34.7 Å². The molecule has 1 amide bonds. The van der Waals surface area contributed by atoms with Crippen molar-refractivity contribution in [2.45, 2.75) is 13.5 Å². The minimum absolute atomic E-state index is 0.276. The van der Waals surface area contributed by atoms with Crippen LogP contribution in [0.1, 0.15) is 28.4 Å². The summed E-state index contributed by atoms with van der Waals surface area (Å²) in [6.45, 7) is 3.02. The Balaban J connectivity index is 1.49. The molecular formula is C23H21IN2O3. The quantitative estimate of drug-likeness (QED) is 0.268. The zero-order valence-corrected chi connectivity index (χ0v) is 18.1. The van der Waals surface area contributed by atoms with Crippen LogP contribution >= 0.6 is 22.6 Å². The van der Waals surface area contributed by atoms with Crippen LogP contribution in [0.25, 0.3) is 0 Å². The fourth-order valence-corrected chi connectivity index (χ4v) is 2.86. The van der Waals surface area contributed by atoms with Gasteiger partial charge in [-0.05, 0) is 101 Å². The highest BCUT2D eigenvalue weighted by atomic mass is 127. The number of carbonyl (C=O) groups is 1. The Bertz CT molecular complexity index is 953. The summed E-state index contributed by atoms with van der Waals surface area (Å²) in [5.74, 6) is 1.23. The molecule has 0 aliphatic carbocycles. The van der Waals surface area contributed by atoms with Gasteiger partial charge in [0.25, 0.3) is 5.91 Å². The minimum atomic E-state index is -0.276. The van der Waals surface area contributed by atoms with Crippen LogP contribution in [0.5, 0.6) is 11.5 Å². The lowest BCUT2D eigenvalue weighted by molar-refractivity contribution is 0.0955. The number of benzene rings is 3. The van der Waals surface area contributed by atoms with E-state index in [1.807, 2.05) is 31.2 Å². The number of hydrazone groups is 1. The first kappa shape index (κ1) is 20.9. The Hall–Kier alpha value is -2.87. The standard InChI is InChI=1S/C23H21IN2O3/c1-2-28-21-13-7-19(8-14-21)23(27)26-25-15-17-5-11-22(12-6-17)29-16-18-3-9-20(24)10-4-18/h3-15H,2,16H2,1H3,(H,26,27)/b25-15+. The average molecular weight is 500 g/mol. The molecule has 0 aliphatic rings. The van der Waals surface area contributed by atoms with Gasteiger partial charge in [-0.15, -0.1) is 0 Å². The second-order valence-corrected chi connectivity index (χ2v) is 7.39. The van der Waals surface area contributed by atoms with Crippen LogP contribution in [0.4, 0.5) is 0 Å². The van der Waals surface area contributed by atoms with Crippen LogP contribution in [0, 0.1) is 3.57 Å². The number of hydrogen-bond donors (Lipinski definition) is 1. The predicted molar refractivity (Wildman–Crippen MR) is 123 cm³/mol. The lowest BCUT2D eigenvalue weighted by atomic mass is 10.2. The molecule has 0 atom stereocenters. The Labute approximate surface area is 183 Å². The fraction of sp³-hybridized carbons (Fsp3) is 0.130. The van der Waals surface area contributed by atoms with Crippen molar-refractivity contribution in [3.63, 3.8) is 0 Å². The third-order valence-corrected chi connectivity index (χ3v) is 4.73. The molecule has 0 bridgehead atoms. The van der Waals surface area contributed by atoms with Crippen molar-refractivity contribution in [2.24, 2.45) is 5.10 Å². The number of carbonyl (C=O) groups excluding carboxylic acids is 1. The highest BCUT2D eigenvalue weighted by Gasteiger charge is 2.04. The van der Waals surface area contributed by atoms with Gasteiger partial charge in [-0.25, -0.2) is 5.43 Å². The maximum atomic E-state index is 12.1. The van der Waals surface area contributed by atoms with E-state index in [-0.39, 0.29) is 5.91 Å². The summed E-state index contributed by atoms with van der Waals surface area (Å²) in [6, 6.07) is 22.7. The Kier molecular flexibility index (Phi) is 7.63. The third-order valence-electron chi connectivity index (χ3n) is 4.01. The lowest BCUT2D eigenvalue weighted by Crippen LogP contribution is -2.17. The van der Waals surface area contributed by atoms with Crippen LogP contribution in [0.15, 0.2) is 77.9 Å². The molecule has 1 N–H and O–H groups in total. The zero-order valence-electron chi connectivity index (χ0n) is 16.0. The zero-order chi connectivity index (χ0) is 20.5. The van der Waals surface area contributed by atoms with Crippen molar-refractivity contribution in [1.29, 1.82) is 0 Å². The molecule has 0 saturated carbocycles. The second-order valence-electron chi connectivity index (χ2n) is 6.14. The van der Waals surface area contributed by atoms with E-state index in [0.717, 1.165) is 22.6 Å². The van der Waals surface area contributed by atoms with Crippen LogP contribution in [-0.2, 0) is 6.61 Å². The summed E-state index contributed by atoms with van der Waals surface area (Å²) >= 11 is 2.28. The second kappa shape index (κ2) is 10.6. The first-order valence-corrected chi connectivity index (χ1v) is 10.3. The molecule has 0 saturated heterocycles. The Morgan fingerprint density at radius 1 is 0.931 bits per heavy atom. The van der Waals surface area contributed by atoms with E-state index in [4.69, 9.17) is 9.47 Å². The molecular weight excluding hydrogens is 479 g/mol. The summed E-state index contributed by atoms with van der Waals surface area (Å²) in [4.78, 5) is 12.1. The summed E-state index contributed by atoms with van der Waals surface area (Å²) in [5.41, 5.74) is 5.02. The van der Waals surface area contributed by atoms with E-state index < -0.39 is 0 Å². The smallest absolute Gasteiger partial charge is 0.271 e. The number of rotatable bonds is 8. The summed E-state index contributed by atoms with van der Waals surface area (Å²) in [5, 5.41) is 4.01. The molecule has 29 heavy (non-hydrogen) atoms. The Morgan fingerprint density at radius 2 is 1.55 bits per heavy atom. The maximum absolute atomic E-state index is 12.1. The van der Waals surface area contributed by atoms with Crippen molar-refractivity contribution in [1.82, 2.24) is 5.43 Å². The molecule has 6 heteroatoms. The molecule has 148 valence electrons. The van der Waals surface area contributed by atoms with Gasteiger partial charge in [0.15, 0.2) is 0 Å². The number of nitrogens with zero attached hydrogens (tertiary/aromatic N) is 1. The van der Waals surface area contributed by atoms with Crippen molar-refractivity contribution < 1.29 is 14.3 Å². The van der Waals surface area contributed by atoms with Gasteiger partial charge in [0.1, 0.15) is 18.1 Å². The van der Waals surface area contributed by atoms with Gasteiger partial charge in [-0.2, -0.15) is 5.10 Å².